The summed E-state index contributed by atoms with van der Waals surface area (Å²) in [5.74, 6) is 0.318. The molecule has 0 spiro atoms. The molecule has 2 saturated heterocycles. The highest BCUT2D eigenvalue weighted by Gasteiger charge is 2.36. The van der Waals surface area contributed by atoms with E-state index < -0.39 is 0 Å². The standard InChI is InChI=1S/C12H19N3O/c1-2-10(5-6-13)14-7-8-15-11(9-14)3-4-12(15)16/h10-11H,2-5,7-9H2,1H3. The van der Waals surface area contributed by atoms with Gasteiger partial charge in [-0.3, -0.25) is 9.69 Å². The molecule has 16 heavy (non-hydrogen) atoms. The Morgan fingerprint density at radius 2 is 2.38 bits per heavy atom. The first-order valence-electron chi connectivity index (χ1n) is 6.16. The number of carbonyl (C=O) groups is 1. The fourth-order valence-corrected chi connectivity index (χ4v) is 2.86. The van der Waals surface area contributed by atoms with Crippen molar-refractivity contribution in [1.82, 2.24) is 9.80 Å². The molecule has 4 heteroatoms. The lowest BCUT2D eigenvalue weighted by Crippen LogP contribution is -2.54. The van der Waals surface area contributed by atoms with E-state index in [1.165, 1.54) is 0 Å². The van der Waals surface area contributed by atoms with E-state index in [4.69, 9.17) is 5.26 Å². The summed E-state index contributed by atoms with van der Waals surface area (Å²) in [5, 5.41) is 8.79. The van der Waals surface area contributed by atoms with Gasteiger partial charge in [0.1, 0.15) is 0 Å². The average molecular weight is 221 g/mol. The third kappa shape index (κ3) is 2.05. The normalized spacial score (nSPS) is 27.6. The first-order valence-corrected chi connectivity index (χ1v) is 6.16. The Morgan fingerprint density at radius 3 is 3.06 bits per heavy atom. The van der Waals surface area contributed by atoms with Crippen LogP contribution in [0.5, 0.6) is 0 Å². The number of nitrogens with zero attached hydrogens (tertiary/aromatic N) is 3. The molecule has 4 nitrogen and oxygen atoms in total. The molecule has 0 N–H and O–H groups in total. The zero-order valence-corrected chi connectivity index (χ0v) is 9.85. The number of hydrogen-bond donors (Lipinski definition) is 0. The zero-order valence-electron chi connectivity index (χ0n) is 9.85. The summed E-state index contributed by atoms with van der Waals surface area (Å²) in [7, 11) is 0. The van der Waals surface area contributed by atoms with Crippen LogP contribution >= 0.6 is 0 Å². The van der Waals surface area contributed by atoms with Crippen LogP contribution in [-0.2, 0) is 4.79 Å². The van der Waals surface area contributed by atoms with Crippen molar-refractivity contribution < 1.29 is 4.79 Å². The molecule has 2 heterocycles. The van der Waals surface area contributed by atoms with Crippen molar-refractivity contribution in [2.45, 2.75) is 44.7 Å². The third-order valence-electron chi connectivity index (χ3n) is 3.84. The van der Waals surface area contributed by atoms with Gasteiger partial charge in [0.05, 0.1) is 12.5 Å². The van der Waals surface area contributed by atoms with Gasteiger partial charge in [-0.1, -0.05) is 6.92 Å². The Kier molecular flexibility index (Phi) is 3.45. The number of amides is 1. The van der Waals surface area contributed by atoms with E-state index >= 15 is 0 Å². The van der Waals surface area contributed by atoms with E-state index in [-0.39, 0.29) is 0 Å². The van der Waals surface area contributed by atoms with Crippen molar-refractivity contribution >= 4 is 5.91 Å². The van der Waals surface area contributed by atoms with E-state index in [0.29, 0.717) is 30.8 Å². The molecule has 0 aromatic rings. The topological polar surface area (TPSA) is 47.3 Å². The molecule has 0 bridgehead atoms. The summed E-state index contributed by atoms with van der Waals surface area (Å²) < 4.78 is 0. The maximum atomic E-state index is 11.5. The molecule has 88 valence electrons. The molecule has 2 atom stereocenters. The van der Waals surface area contributed by atoms with Crippen LogP contribution < -0.4 is 0 Å². The van der Waals surface area contributed by atoms with Gasteiger partial charge in [-0.05, 0) is 12.8 Å². The van der Waals surface area contributed by atoms with Gasteiger partial charge in [0.25, 0.3) is 0 Å². The average Bonchev–Trinajstić information content (AvgIpc) is 2.67. The molecule has 0 aromatic heterocycles. The van der Waals surface area contributed by atoms with E-state index in [1.54, 1.807) is 0 Å². The summed E-state index contributed by atoms with van der Waals surface area (Å²) in [6, 6.07) is 3.05. The molecule has 0 radical (unpaired) electrons. The molecular formula is C12H19N3O. The summed E-state index contributed by atoms with van der Waals surface area (Å²) in [6.45, 7) is 4.88. The van der Waals surface area contributed by atoms with Gasteiger partial charge in [-0.2, -0.15) is 5.26 Å². The fourth-order valence-electron chi connectivity index (χ4n) is 2.86. The highest BCUT2D eigenvalue weighted by atomic mass is 16.2. The molecule has 1 amide bonds. The van der Waals surface area contributed by atoms with E-state index in [0.717, 1.165) is 32.5 Å². The smallest absolute Gasteiger partial charge is 0.222 e. The van der Waals surface area contributed by atoms with E-state index in [9.17, 15) is 4.79 Å². The fraction of sp³-hybridized carbons (Fsp3) is 0.833. The summed E-state index contributed by atoms with van der Waals surface area (Å²) >= 11 is 0. The number of piperazine rings is 1. The summed E-state index contributed by atoms with van der Waals surface area (Å²) in [5.41, 5.74) is 0. The SMILES string of the molecule is CCC(CC#N)N1CCN2C(=O)CCC2C1. The lowest BCUT2D eigenvalue weighted by atomic mass is 10.1. The molecule has 2 unspecified atom stereocenters. The Balaban J connectivity index is 1.96. The molecule has 0 saturated carbocycles. The van der Waals surface area contributed by atoms with Crippen LogP contribution in [0.4, 0.5) is 0 Å². The highest BCUT2D eigenvalue weighted by Crippen LogP contribution is 2.24. The molecule has 2 aliphatic rings. The minimum atomic E-state index is 0.318. The van der Waals surface area contributed by atoms with Gasteiger partial charge in [-0.15, -0.1) is 0 Å². The number of fused-ring (bicyclic) bond motifs is 1. The van der Waals surface area contributed by atoms with Crippen molar-refractivity contribution in [3.63, 3.8) is 0 Å². The van der Waals surface area contributed by atoms with Crippen LogP contribution in [0, 0.1) is 11.3 Å². The molecule has 2 fully saturated rings. The monoisotopic (exact) mass is 221 g/mol. The first-order chi connectivity index (χ1) is 7.76. The largest absolute Gasteiger partial charge is 0.337 e. The Hall–Kier alpha value is -1.08. The Bertz CT molecular complexity index is 310. The molecule has 0 aliphatic carbocycles. The van der Waals surface area contributed by atoms with Crippen LogP contribution in [0.15, 0.2) is 0 Å². The third-order valence-corrected chi connectivity index (χ3v) is 3.84. The van der Waals surface area contributed by atoms with Crippen LogP contribution in [0.1, 0.15) is 32.6 Å². The quantitative estimate of drug-likeness (QED) is 0.714. The number of hydrogen-bond acceptors (Lipinski definition) is 3. The van der Waals surface area contributed by atoms with Gasteiger partial charge in [0, 0.05) is 38.1 Å². The minimum absolute atomic E-state index is 0.318. The number of carbonyl (C=O) groups excluding carboxylic acids is 1. The van der Waals surface area contributed by atoms with E-state index in [1.807, 2.05) is 4.90 Å². The van der Waals surface area contributed by atoms with Crippen molar-refractivity contribution in [3.8, 4) is 6.07 Å². The molecule has 2 rings (SSSR count). The van der Waals surface area contributed by atoms with Crippen molar-refractivity contribution in [2.75, 3.05) is 19.6 Å². The maximum absolute atomic E-state index is 11.5. The summed E-state index contributed by atoms with van der Waals surface area (Å²) in [6.07, 6.45) is 3.34. The Morgan fingerprint density at radius 1 is 1.56 bits per heavy atom. The van der Waals surface area contributed by atoms with Gasteiger partial charge >= 0.3 is 0 Å². The van der Waals surface area contributed by atoms with Crippen molar-refractivity contribution in [1.29, 1.82) is 5.26 Å². The number of nitriles is 1. The second-order valence-electron chi connectivity index (χ2n) is 4.70. The van der Waals surface area contributed by atoms with Crippen LogP contribution in [0.3, 0.4) is 0 Å². The van der Waals surface area contributed by atoms with Crippen molar-refractivity contribution in [3.05, 3.63) is 0 Å². The van der Waals surface area contributed by atoms with Crippen LogP contribution in [-0.4, -0.2) is 47.4 Å². The van der Waals surface area contributed by atoms with Gasteiger partial charge in [0.15, 0.2) is 0 Å². The molecule has 2 aliphatic heterocycles. The first kappa shape index (κ1) is 11.4. The van der Waals surface area contributed by atoms with Gasteiger partial charge in [-0.25, -0.2) is 0 Å². The Labute approximate surface area is 96.8 Å². The van der Waals surface area contributed by atoms with Crippen molar-refractivity contribution in [2.24, 2.45) is 0 Å². The zero-order chi connectivity index (χ0) is 11.5. The van der Waals surface area contributed by atoms with Crippen LogP contribution in [0.2, 0.25) is 0 Å². The predicted molar refractivity (Wildman–Crippen MR) is 60.6 cm³/mol. The molecule has 0 aromatic carbocycles. The lowest BCUT2D eigenvalue weighted by Gasteiger charge is -2.40. The van der Waals surface area contributed by atoms with Gasteiger partial charge < -0.3 is 4.90 Å². The number of rotatable bonds is 3. The second-order valence-corrected chi connectivity index (χ2v) is 4.70. The predicted octanol–water partition coefficient (Wildman–Crippen LogP) is 0.985. The minimum Gasteiger partial charge on any atom is -0.337 e. The van der Waals surface area contributed by atoms with Gasteiger partial charge in [0.2, 0.25) is 5.91 Å². The highest BCUT2D eigenvalue weighted by molar-refractivity contribution is 5.78. The molecular weight excluding hydrogens is 202 g/mol. The van der Waals surface area contributed by atoms with Crippen LogP contribution in [0.25, 0.3) is 0 Å². The maximum Gasteiger partial charge on any atom is 0.222 e. The lowest BCUT2D eigenvalue weighted by molar-refractivity contribution is -0.131. The summed E-state index contributed by atoms with van der Waals surface area (Å²) in [4.78, 5) is 16.0. The second kappa shape index (κ2) is 4.84. The van der Waals surface area contributed by atoms with E-state index in [2.05, 4.69) is 17.9 Å².